The molecule has 1 aliphatic rings. The Morgan fingerprint density at radius 3 is 2.71 bits per heavy atom. The molecular weight excluding hydrogens is 430 g/mol. The van der Waals surface area contributed by atoms with Crippen LogP contribution in [-0.4, -0.2) is 60.4 Å². The summed E-state index contributed by atoms with van der Waals surface area (Å²) in [4.78, 5) is 23.5. The van der Waals surface area contributed by atoms with E-state index in [0.717, 1.165) is 11.8 Å². The monoisotopic (exact) mass is 445 g/mol. The largest absolute Gasteiger partial charge is 0.455 e. The van der Waals surface area contributed by atoms with Crippen LogP contribution in [0.5, 0.6) is 0 Å². The van der Waals surface area contributed by atoms with Gasteiger partial charge in [0, 0.05) is 16.6 Å². The molecule has 9 nitrogen and oxygen atoms in total. The number of hydrogen-bond donors (Lipinski definition) is 1. The summed E-state index contributed by atoms with van der Waals surface area (Å²) in [6, 6.07) is 6.41. The van der Waals surface area contributed by atoms with Crippen LogP contribution in [0.25, 0.3) is 11.5 Å². The fourth-order valence-electron chi connectivity index (χ4n) is 2.46. The van der Waals surface area contributed by atoms with Crippen molar-refractivity contribution in [2.75, 3.05) is 23.9 Å². The Kier molecular flexibility index (Phi) is 6.57. The predicted octanol–water partition coefficient (Wildman–Crippen LogP) is 1.33. The molecule has 3 rings (SSSR count). The fraction of sp³-hybridized carbons (Fsp3) is 0.375. The second-order valence-corrected chi connectivity index (χ2v) is 9.59. The molecule has 0 spiro atoms. The van der Waals surface area contributed by atoms with Crippen molar-refractivity contribution in [2.45, 2.75) is 17.7 Å². The van der Waals surface area contributed by atoms with Gasteiger partial charge < -0.3 is 14.5 Å². The molecule has 1 aromatic heterocycles. The number of esters is 1. The number of ether oxygens (including phenoxy) is 1. The van der Waals surface area contributed by atoms with E-state index in [2.05, 4.69) is 15.5 Å². The van der Waals surface area contributed by atoms with Crippen LogP contribution in [0.4, 0.5) is 0 Å². The van der Waals surface area contributed by atoms with Crippen molar-refractivity contribution < 1.29 is 27.2 Å². The van der Waals surface area contributed by atoms with Gasteiger partial charge in [-0.1, -0.05) is 23.4 Å². The first-order valence-electron chi connectivity index (χ1n) is 8.18. The van der Waals surface area contributed by atoms with Gasteiger partial charge in [0.05, 0.1) is 11.5 Å². The van der Waals surface area contributed by atoms with Crippen LogP contribution in [0.15, 0.2) is 33.9 Å². The van der Waals surface area contributed by atoms with Gasteiger partial charge in [0.1, 0.15) is 5.75 Å². The molecule has 2 heterocycles. The second kappa shape index (κ2) is 8.93. The maximum Gasteiger partial charge on any atom is 0.316 e. The number of thioether (sulfide) groups is 1. The van der Waals surface area contributed by atoms with E-state index in [-0.39, 0.29) is 22.5 Å². The number of halogens is 1. The molecule has 1 fully saturated rings. The average Bonchev–Trinajstić information content (AvgIpc) is 3.25. The standard InChI is InChI=1S/C16H16ClN3O6S2/c17-11-3-1-10(2-4-11)15-19-20-16(26-15)27-8-14(22)25-7-13(21)18-12-5-6-28(23,24)9-12/h1-4,12H,5-9H2,(H,18,21)/t12-/m1/s1. The van der Waals surface area contributed by atoms with Crippen LogP contribution >= 0.6 is 23.4 Å². The lowest BCUT2D eigenvalue weighted by Crippen LogP contribution is -2.38. The summed E-state index contributed by atoms with van der Waals surface area (Å²) in [7, 11) is -3.09. The number of carbonyl (C=O) groups is 2. The van der Waals surface area contributed by atoms with Crippen LogP contribution in [0.3, 0.4) is 0 Å². The number of hydrogen-bond acceptors (Lipinski definition) is 9. The zero-order valence-corrected chi connectivity index (χ0v) is 16.8. The van der Waals surface area contributed by atoms with E-state index in [1.807, 2.05) is 0 Å². The van der Waals surface area contributed by atoms with Gasteiger partial charge in [0.2, 0.25) is 5.89 Å². The number of carbonyl (C=O) groups excluding carboxylic acids is 2. The highest BCUT2D eigenvalue weighted by Crippen LogP contribution is 2.24. The van der Waals surface area contributed by atoms with Gasteiger partial charge in [-0.25, -0.2) is 8.42 Å². The van der Waals surface area contributed by atoms with Gasteiger partial charge >= 0.3 is 5.97 Å². The first-order chi connectivity index (χ1) is 13.3. The predicted molar refractivity (Wildman–Crippen MR) is 102 cm³/mol. The summed E-state index contributed by atoms with van der Waals surface area (Å²) < 4.78 is 33.0. The van der Waals surface area contributed by atoms with Crippen molar-refractivity contribution in [1.29, 1.82) is 0 Å². The minimum atomic E-state index is -3.09. The zero-order valence-electron chi connectivity index (χ0n) is 14.5. The van der Waals surface area contributed by atoms with Crippen molar-refractivity contribution in [3.8, 4) is 11.5 Å². The topological polar surface area (TPSA) is 128 Å². The average molecular weight is 446 g/mol. The van der Waals surface area contributed by atoms with Crippen molar-refractivity contribution in [1.82, 2.24) is 15.5 Å². The second-order valence-electron chi connectivity index (χ2n) is 6.00. The third-order valence-corrected chi connectivity index (χ3v) is 6.58. The maximum atomic E-state index is 11.8. The quantitative estimate of drug-likeness (QED) is 0.495. The highest BCUT2D eigenvalue weighted by Gasteiger charge is 2.29. The van der Waals surface area contributed by atoms with Gasteiger partial charge in [-0.15, -0.1) is 10.2 Å². The van der Waals surface area contributed by atoms with Crippen molar-refractivity contribution in [3.63, 3.8) is 0 Å². The minimum Gasteiger partial charge on any atom is -0.455 e. The molecule has 150 valence electrons. The third kappa shape index (κ3) is 5.94. The lowest BCUT2D eigenvalue weighted by molar-refractivity contribution is -0.146. The molecule has 0 aliphatic carbocycles. The lowest BCUT2D eigenvalue weighted by atomic mass is 10.2. The Balaban J connectivity index is 1.40. The molecule has 0 radical (unpaired) electrons. The van der Waals surface area contributed by atoms with E-state index in [1.165, 1.54) is 0 Å². The van der Waals surface area contributed by atoms with Gasteiger partial charge in [-0.2, -0.15) is 0 Å². The molecule has 1 saturated heterocycles. The smallest absolute Gasteiger partial charge is 0.316 e. The lowest BCUT2D eigenvalue weighted by Gasteiger charge is -2.10. The number of aromatic nitrogens is 2. The van der Waals surface area contributed by atoms with Gasteiger partial charge in [0.25, 0.3) is 11.1 Å². The molecule has 1 aromatic carbocycles. The Labute approximate surface area is 170 Å². The van der Waals surface area contributed by atoms with E-state index in [0.29, 0.717) is 22.9 Å². The van der Waals surface area contributed by atoms with Crippen LogP contribution in [0, 0.1) is 0 Å². The molecule has 1 aliphatic heterocycles. The third-order valence-electron chi connectivity index (χ3n) is 3.77. The van der Waals surface area contributed by atoms with Crippen LogP contribution in [-0.2, 0) is 24.2 Å². The SMILES string of the molecule is O=C(COC(=O)CSc1nnc(-c2ccc(Cl)cc2)o1)N[C@@H]1CCS(=O)(=O)C1. The molecule has 1 N–H and O–H groups in total. The van der Waals surface area contributed by atoms with E-state index in [4.69, 9.17) is 20.8 Å². The molecule has 12 heteroatoms. The van der Waals surface area contributed by atoms with Crippen LogP contribution < -0.4 is 5.32 Å². The van der Waals surface area contributed by atoms with Crippen LogP contribution in [0.1, 0.15) is 6.42 Å². The molecule has 1 amide bonds. The molecule has 0 saturated carbocycles. The summed E-state index contributed by atoms with van der Waals surface area (Å²) in [6.07, 6.45) is 0.366. The Morgan fingerprint density at radius 2 is 2.04 bits per heavy atom. The zero-order chi connectivity index (χ0) is 20.1. The summed E-state index contributed by atoms with van der Waals surface area (Å²) in [5.41, 5.74) is 0.692. The Morgan fingerprint density at radius 1 is 1.29 bits per heavy atom. The van der Waals surface area contributed by atoms with E-state index < -0.39 is 34.4 Å². The first-order valence-corrected chi connectivity index (χ1v) is 11.4. The highest BCUT2D eigenvalue weighted by molar-refractivity contribution is 7.99. The Hall–Kier alpha value is -2.11. The fourth-order valence-corrected chi connectivity index (χ4v) is 4.82. The number of nitrogens with one attached hydrogen (secondary N) is 1. The first kappa shape index (κ1) is 20.6. The van der Waals surface area contributed by atoms with Crippen molar-refractivity contribution in [2.24, 2.45) is 0 Å². The van der Waals surface area contributed by atoms with Gasteiger partial charge in [-0.3, -0.25) is 9.59 Å². The number of benzene rings is 1. The molecule has 0 unspecified atom stereocenters. The van der Waals surface area contributed by atoms with Crippen molar-refractivity contribution >= 4 is 45.1 Å². The molecule has 1 atom stereocenters. The van der Waals surface area contributed by atoms with Crippen molar-refractivity contribution in [3.05, 3.63) is 29.3 Å². The molecular formula is C16H16ClN3O6S2. The summed E-state index contributed by atoms with van der Waals surface area (Å²) in [5, 5.41) is 11.0. The molecule has 0 bridgehead atoms. The number of sulfone groups is 1. The minimum absolute atomic E-state index is 0.0521. The highest BCUT2D eigenvalue weighted by atomic mass is 35.5. The molecule has 28 heavy (non-hydrogen) atoms. The summed E-state index contributed by atoms with van der Waals surface area (Å²) in [5.74, 6) is -1.04. The number of rotatable bonds is 7. The number of amides is 1. The van der Waals surface area contributed by atoms with E-state index >= 15 is 0 Å². The number of nitrogens with zero attached hydrogens (tertiary/aromatic N) is 2. The van der Waals surface area contributed by atoms with Crippen LogP contribution in [0.2, 0.25) is 5.02 Å². The van der Waals surface area contributed by atoms with E-state index in [1.54, 1.807) is 24.3 Å². The normalized spacial score (nSPS) is 18.0. The van der Waals surface area contributed by atoms with Gasteiger partial charge in [0.15, 0.2) is 16.4 Å². The van der Waals surface area contributed by atoms with E-state index in [9.17, 15) is 18.0 Å². The Bertz CT molecular complexity index is 961. The maximum absolute atomic E-state index is 11.8. The summed E-state index contributed by atoms with van der Waals surface area (Å²) in [6.45, 7) is -0.476. The van der Waals surface area contributed by atoms with Gasteiger partial charge in [-0.05, 0) is 30.7 Å². The molecule has 2 aromatic rings. The summed E-state index contributed by atoms with van der Waals surface area (Å²) >= 11 is 6.80.